The Morgan fingerprint density at radius 2 is 2.06 bits per heavy atom. The molecule has 1 unspecified atom stereocenters. The summed E-state index contributed by atoms with van der Waals surface area (Å²) in [6, 6.07) is 6.83. The fourth-order valence-corrected chi connectivity index (χ4v) is 3.28. The lowest BCUT2D eigenvalue weighted by atomic mass is 10.2. The second-order valence-corrected chi connectivity index (χ2v) is 6.37. The lowest BCUT2D eigenvalue weighted by Gasteiger charge is -2.15. The number of halogens is 3. The molecule has 0 saturated heterocycles. The second kappa shape index (κ2) is 5.50. The summed E-state index contributed by atoms with van der Waals surface area (Å²) in [6.07, 6.45) is 0. The van der Waals surface area contributed by atoms with E-state index in [1.165, 1.54) is 17.0 Å². The van der Waals surface area contributed by atoms with E-state index < -0.39 is 0 Å². The lowest BCUT2D eigenvalue weighted by Crippen LogP contribution is -2.05. The Bertz CT molecular complexity index is 527. The Labute approximate surface area is 120 Å². The quantitative estimate of drug-likeness (QED) is 0.734. The van der Waals surface area contributed by atoms with Gasteiger partial charge in [0.15, 0.2) is 0 Å². The van der Waals surface area contributed by atoms with Gasteiger partial charge in [-0.15, -0.1) is 11.3 Å². The van der Waals surface area contributed by atoms with Crippen molar-refractivity contribution in [1.82, 2.24) is 0 Å². The highest BCUT2D eigenvalue weighted by molar-refractivity contribution is 9.10. The molecule has 0 saturated carbocycles. The summed E-state index contributed by atoms with van der Waals surface area (Å²) in [7, 11) is 0. The largest absolute Gasteiger partial charge is 0.377 e. The van der Waals surface area contributed by atoms with Gasteiger partial charge in [0.25, 0.3) is 0 Å². The summed E-state index contributed by atoms with van der Waals surface area (Å²) >= 11 is 8.50. The first-order valence-corrected chi connectivity index (χ1v) is 7.48. The molecule has 2 rings (SSSR count). The lowest BCUT2D eigenvalue weighted by molar-refractivity contribution is 0.627. The normalized spacial score (nSPS) is 12.5. The van der Waals surface area contributed by atoms with Crippen molar-refractivity contribution in [2.45, 2.75) is 13.0 Å². The van der Waals surface area contributed by atoms with Crippen LogP contribution < -0.4 is 5.32 Å². The van der Waals surface area contributed by atoms with E-state index in [0.29, 0.717) is 0 Å². The van der Waals surface area contributed by atoms with Gasteiger partial charge in [-0.2, -0.15) is 0 Å². The zero-order valence-corrected chi connectivity index (χ0v) is 13.0. The first kappa shape index (κ1) is 13.1. The van der Waals surface area contributed by atoms with Crippen molar-refractivity contribution >= 4 is 48.9 Å². The van der Waals surface area contributed by atoms with Crippen LogP contribution >= 0.6 is 43.2 Å². The number of hydrogen-bond acceptors (Lipinski definition) is 2. The molecule has 1 atom stereocenters. The number of anilines is 1. The van der Waals surface area contributed by atoms with E-state index in [1.54, 1.807) is 17.4 Å². The molecular weight excluding hydrogens is 369 g/mol. The molecule has 1 heterocycles. The zero-order chi connectivity index (χ0) is 12.4. The van der Waals surface area contributed by atoms with E-state index in [2.05, 4.69) is 50.2 Å². The Morgan fingerprint density at radius 1 is 1.29 bits per heavy atom. The van der Waals surface area contributed by atoms with Crippen molar-refractivity contribution in [3.63, 3.8) is 0 Å². The smallest absolute Gasteiger partial charge is 0.125 e. The minimum atomic E-state index is -0.240. The van der Waals surface area contributed by atoms with Crippen LogP contribution in [0.1, 0.15) is 17.8 Å². The molecule has 5 heteroatoms. The molecule has 0 aliphatic heterocycles. The van der Waals surface area contributed by atoms with Crippen molar-refractivity contribution in [3.05, 3.63) is 49.3 Å². The van der Waals surface area contributed by atoms with Gasteiger partial charge in [0.1, 0.15) is 5.82 Å². The maximum Gasteiger partial charge on any atom is 0.125 e. The summed E-state index contributed by atoms with van der Waals surface area (Å²) < 4.78 is 15.1. The molecular formula is C12H10Br2FNS. The van der Waals surface area contributed by atoms with Crippen LogP contribution in [-0.4, -0.2) is 0 Å². The highest BCUT2D eigenvalue weighted by Gasteiger charge is 2.10. The van der Waals surface area contributed by atoms with Gasteiger partial charge in [-0.05, 0) is 63.0 Å². The summed E-state index contributed by atoms with van der Waals surface area (Å²) in [5.74, 6) is -0.240. The van der Waals surface area contributed by atoms with Gasteiger partial charge in [0, 0.05) is 19.2 Å². The summed E-state index contributed by atoms with van der Waals surface area (Å²) in [4.78, 5) is 1.20. The standard InChI is InChI=1S/C12H10Br2FNS/c1-7(12-4-8(13)6-17-12)16-11-5-9(15)2-3-10(11)14/h2-7,16H,1H3. The van der Waals surface area contributed by atoms with E-state index in [0.717, 1.165) is 14.6 Å². The van der Waals surface area contributed by atoms with Crippen LogP contribution in [0.4, 0.5) is 10.1 Å². The monoisotopic (exact) mass is 377 g/mol. The zero-order valence-electron chi connectivity index (χ0n) is 9.01. The van der Waals surface area contributed by atoms with E-state index in [1.807, 2.05) is 5.38 Å². The minimum absolute atomic E-state index is 0.143. The third-order valence-corrected chi connectivity index (χ3v) is 4.88. The molecule has 2 aromatic rings. The van der Waals surface area contributed by atoms with Gasteiger partial charge in [-0.3, -0.25) is 0 Å². The summed E-state index contributed by atoms with van der Waals surface area (Å²) in [5.41, 5.74) is 0.766. The average Bonchev–Trinajstić information content (AvgIpc) is 2.70. The van der Waals surface area contributed by atoms with Crippen LogP contribution in [0.3, 0.4) is 0 Å². The maximum absolute atomic E-state index is 13.1. The van der Waals surface area contributed by atoms with Gasteiger partial charge in [0.05, 0.1) is 11.7 Å². The van der Waals surface area contributed by atoms with Crippen molar-refractivity contribution in [2.75, 3.05) is 5.32 Å². The van der Waals surface area contributed by atoms with Crippen LogP contribution in [-0.2, 0) is 0 Å². The van der Waals surface area contributed by atoms with Crippen molar-refractivity contribution in [2.24, 2.45) is 0 Å². The van der Waals surface area contributed by atoms with E-state index >= 15 is 0 Å². The Kier molecular flexibility index (Phi) is 4.22. The minimum Gasteiger partial charge on any atom is -0.377 e. The fourth-order valence-electron chi connectivity index (χ4n) is 1.47. The Morgan fingerprint density at radius 3 is 2.71 bits per heavy atom. The van der Waals surface area contributed by atoms with Crippen LogP contribution in [0, 0.1) is 5.82 Å². The predicted octanol–water partition coefficient (Wildman–Crippen LogP) is 5.59. The van der Waals surface area contributed by atoms with Crippen molar-refractivity contribution < 1.29 is 4.39 Å². The van der Waals surface area contributed by atoms with E-state index in [4.69, 9.17) is 0 Å². The van der Waals surface area contributed by atoms with Crippen LogP contribution in [0.25, 0.3) is 0 Å². The predicted molar refractivity (Wildman–Crippen MR) is 78.2 cm³/mol. The molecule has 0 aliphatic carbocycles. The van der Waals surface area contributed by atoms with Crippen LogP contribution in [0.15, 0.2) is 38.6 Å². The second-order valence-electron chi connectivity index (χ2n) is 3.66. The molecule has 90 valence electrons. The third-order valence-electron chi connectivity index (χ3n) is 2.31. The molecule has 0 radical (unpaired) electrons. The average molecular weight is 379 g/mol. The number of hydrogen-bond donors (Lipinski definition) is 1. The summed E-state index contributed by atoms with van der Waals surface area (Å²) in [6.45, 7) is 2.05. The molecule has 1 aromatic heterocycles. The maximum atomic E-state index is 13.1. The summed E-state index contributed by atoms with van der Waals surface area (Å²) in [5, 5.41) is 5.32. The molecule has 0 amide bonds. The molecule has 1 nitrogen and oxygen atoms in total. The van der Waals surface area contributed by atoms with Crippen molar-refractivity contribution in [3.8, 4) is 0 Å². The fraction of sp³-hybridized carbons (Fsp3) is 0.167. The highest BCUT2D eigenvalue weighted by atomic mass is 79.9. The van der Waals surface area contributed by atoms with Crippen LogP contribution in [0.2, 0.25) is 0 Å². The molecule has 0 aliphatic rings. The first-order chi connectivity index (χ1) is 8.06. The number of nitrogens with one attached hydrogen (secondary N) is 1. The SMILES string of the molecule is CC(Nc1cc(F)ccc1Br)c1cc(Br)cs1. The Hall–Kier alpha value is -0.390. The topological polar surface area (TPSA) is 12.0 Å². The van der Waals surface area contributed by atoms with Gasteiger partial charge in [-0.1, -0.05) is 0 Å². The van der Waals surface area contributed by atoms with Crippen LogP contribution in [0.5, 0.6) is 0 Å². The highest BCUT2D eigenvalue weighted by Crippen LogP contribution is 2.31. The molecule has 0 fully saturated rings. The van der Waals surface area contributed by atoms with Gasteiger partial charge < -0.3 is 5.32 Å². The van der Waals surface area contributed by atoms with Gasteiger partial charge >= 0.3 is 0 Å². The molecule has 1 N–H and O–H groups in total. The number of benzene rings is 1. The number of thiophene rings is 1. The Balaban J connectivity index is 2.18. The first-order valence-electron chi connectivity index (χ1n) is 5.02. The van der Waals surface area contributed by atoms with E-state index in [9.17, 15) is 4.39 Å². The molecule has 1 aromatic carbocycles. The van der Waals surface area contributed by atoms with Gasteiger partial charge in [-0.25, -0.2) is 4.39 Å². The molecule has 17 heavy (non-hydrogen) atoms. The molecule has 0 spiro atoms. The third kappa shape index (κ3) is 3.30. The van der Waals surface area contributed by atoms with Crippen molar-refractivity contribution in [1.29, 1.82) is 0 Å². The van der Waals surface area contributed by atoms with Gasteiger partial charge in [0.2, 0.25) is 0 Å². The number of rotatable bonds is 3. The molecule has 0 bridgehead atoms. The van der Waals surface area contributed by atoms with E-state index in [-0.39, 0.29) is 11.9 Å².